The van der Waals surface area contributed by atoms with E-state index in [1.54, 1.807) is 19.2 Å². The van der Waals surface area contributed by atoms with Gasteiger partial charge in [-0.25, -0.2) is 0 Å². The van der Waals surface area contributed by atoms with Crippen molar-refractivity contribution in [3.05, 3.63) is 23.7 Å². The number of amides is 2. The highest BCUT2D eigenvalue weighted by Gasteiger charge is 2.19. The van der Waals surface area contributed by atoms with Crippen LogP contribution in [0.4, 0.5) is 0 Å². The largest absolute Gasteiger partial charge is 0.454 e. The maximum atomic E-state index is 12.0. The predicted molar refractivity (Wildman–Crippen MR) is 91.7 cm³/mol. The average molecular weight is 336 g/mol. The molecule has 1 fully saturated rings. The fourth-order valence-electron chi connectivity index (χ4n) is 2.78. The molecule has 24 heavy (non-hydrogen) atoms. The molecule has 2 N–H and O–H groups in total. The lowest BCUT2D eigenvalue weighted by Crippen LogP contribution is -2.48. The van der Waals surface area contributed by atoms with Crippen LogP contribution < -0.4 is 10.6 Å². The maximum absolute atomic E-state index is 12.0. The molecule has 1 saturated heterocycles. The zero-order valence-corrected chi connectivity index (χ0v) is 14.8. The van der Waals surface area contributed by atoms with Crippen molar-refractivity contribution in [3.8, 4) is 0 Å². The number of furan rings is 1. The Kier molecular flexibility index (Phi) is 6.81. The number of hydrogen-bond donors (Lipinski definition) is 2. The summed E-state index contributed by atoms with van der Waals surface area (Å²) in [5, 5.41) is 5.34. The van der Waals surface area contributed by atoms with Crippen LogP contribution in [-0.2, 0) is 11.3 Å². The minimum atomic E-state index is -0.270. The van der Waals surface area contributed by atoms with Gasteiger partial charge in [0.25, 0.3) is 5.91 Å². The van der Waals surface area contributed by atoms with E-state index in [4.69, 9.17) is 4.42 Å². The predicted octanol–water partition coefficient (Wildman–Crippen LogP) is 0.672. The molecule has 0 aliphatic carbocycles. The first-order valence-electron chi connectivity index (χ1n) is 8.49. The number of nitrogens with one attached hydrogen (secondary N) is 2. The molecule has 0 saturated carbocycles. The third-order valence-corrected chi connectivity index (χ3v) is 4.52. The Morgan fingerprint density at radius 2 is 1.96 bits per heavy atom. The summed E-state index contributed by atoms with van der Waals surface area (Å²) in [6, 6.07) is 3.72. The number of piperazine rings is 1. The van der Waals surface area contributed by atoms with Gasteiger partial charge in [0.1, 0.15) is 5.76 Å². The Morgan fingerprint density at radius 1 is 1.25 bits per heavy atom. The molecule has 1 aromatic heterocycles. The van der Waals surface area contributed by atoms with Crippen molar-refractivity contribution in [1.29, 1.82) is 0 Å². The Hall–Kier alpha value is -1.86. The molecule has 7 nitrogen and oxygen atoms in total. The average Bonchev–Trinajstić information content (AvgIpc) is 3.06. The lowest BCUT2D eigenvalue weighted by atomic mass is 10.1. The van der Waals surface area contributed by atoms with Gasteiger partial charge in [-0.1, -0.05) is 0 Å². The Bertz CT molecular complexity index is 550. The maximum Gasteiger partial charge on any atom is 0.286 e. The highest BCUT2D eigenvalue weighted by molar-refractivity contribution is 5.91. The number of rotatable bonds is 7. The van der Waals surface area contributed by atoms with Crippen molar-refractivity contribution >= 4 is 11.8 Å². The van der Waals surface area contributed by atoms with Crippen molar-refractivity contribution in [3.63, 3.8) is 0 Å². The first kappa shape index (κ1) is 18.5. The Labute approximate surface area is 143 Å². The molecule has 1 aliphatic heterocycles. The van der Waals surface area contributed by atoms with Gasteiger partial charge in [0.15, 0.2) is 5.76 Å². The molecular formula is C17H28N4O3. The molecular weight excluding hydrogens is 308 g/mol. The summed E-state index contributed by atoms with van der Waals surface area (Å²) < 4.78 is 5.38. The van der Waals surface area contributed by atoms with Gasteiger partial charge in [-0.05, 0) is 32.5 Å². The first-order valence-corrected chi connectivity index (χ1v) is 8.49. The topological polar surface area (TPSA) is 77.8 Å². The van der Waals surface area contributed by atoms with Crippen LogP contribution >= 0.6 is 0 Å². The minimum absolute atomic E-state index is 0.00821. The van der Waals surface area contributed by atoms with Gasteiger partial charge in [-0.2, -0.15) is 0 Å². The quantitative estimate of drug-likeness (QED) is 0.765. The van der Waals surface area contributed by atoms with Crippen LogP contribution in [0, 0.1) is 0 Å². The Balaban J connectivity index is 1.68. The van der Waals surface area contributed by atoms with Crippen molar-refractivity contribution in [1.82, 2.24) is 20.4 Å². The molecule has 1 atom stereocenters. The van der Waals surface area contributed by atoms with E-state index < -0.39 is 0 Å². The lowest BCUT2D eigenvalue weighted by molar-refractivity contribution is -0.121. The summed E-state index contributed by atoms with van der Waals surface area (Å²) >= 11 is 0. The van der Waals surface area contributed by atoms with Crippen LogP contribution in [0.15, 0.2) is 16.5 Å². The fraction of sp³-hybridized carbons (Fsp3) is 0.647. The molecule has 2 heterocycles. The van der Waals surface area contributed by atoms with Crippen LogP contribution in [0.5, 0.6) is 0 Å². The smallest absolute Gasteiger partial charge is 0.286 e. The molecule has 1 aliphatic rings. The van der Waals surface area contributed by atoms with E-state index in [-0.39, 0.29) is 17.6 Å². The van der Waals surface area contributed by atoms with Crippen LogP contribution in [-0.4, -0.2) is 67.9 Å². The third-order valence-electron chi connectivity index (χ3n) is 4.52. The normalized spacial score (nSPS) is 17.5. The van der Waals surface area contributed by atoms with Gasteiger partial charge in [0.05, 0.1) is 6.54 Å². The molecule has 0 radical (unpaired) electrons. The van der Waals surface area contributed by atoms with Gasteiger partial charge in [-0.15, -0.1) is 0 Å². The second-order valence-electron chi connectivity index (χ2n) is 6.35. The fourth-order valence-corrected chi connectivity index (χ4v) is 2.78. The van der Waals surface area contributed by atoms with E-state index in [0.717, 1.165) is 32.6 Å². The lowest BCUT2D eigenvalue weighted by Gasteiger charge is -2.36. The molecule has 0 aromatic carbocycles. The summed E-state index contributed by atoms with van der Waals surface area (Å²) in [7, 11) is 3.69. The van der Waals surface area contributed by atoms with Gasteiger partial charge in [-0.3, -0.25) is 14.5 Å². The van der Waals surface area contributed by atoms with Crippen molar-refractivity contribution in [2.24, 2.45) is 0 Å². The van der Waals surface area contributed by atoms with Crippen LogP contribution in [0.25, 0.3) is 0 Å². The summed E-state index contributed by atoms with van der Waals surface area (Å²) in [6.45, 7) is 6.78. The molecule has 0 bridgehead atoms. The van der Waals surface area contributed by atoms with E-state index in [9.17, 15) is 9.59 Å². The Morgan fingerprint density at radius 3 is 2.62 bits per heavy atom. The second kappa shape index (κ2) is 8.84. The monoisotopic (exact) mass is 336 g/mol. The van der Waals surface area contributed by atoms with Gasteiger partial charge in [0.2, 0.25) is 5.91 Å². The number of hydrogen-bond acceptors (Lipinski definition) is 5. The second-order valence-corrected chi connectivity index (χ2v) is 6.35. The number of carbonyl (C=O) groups is 2. The third kappa shape index (κ3) is 5.35. The zero-order chi connectivity index (χ0) is 17.5. The SMILES string of the molecule is CNC(=O)c1ccc(CNC(=O)CCC(C)N2CCN(C)CC2)o1. The number of nitrogens with zero attached hydrogens (tertiary/aromatic N) is 2. The number of likely N-dealkylation sites (N-methyl/N-ethyl adjacent to an activating group) is 1. The first-order chi connectivity index (χ1) is 11.5. The van der Waals surface area contributed by atoms with Crippen LogP contribution in [0.3, 0.4) is 0 Å². The van der Waals surface area contributed by atoms with E-state index in [2.05, 4.69) is 34.4 Å². The van der Waals surface area contributed by atoms with Crippen LogP contribution in [0.2, 0.25) is 0 Å². The van der Waals surface area contributed by atoms with E-state index >= 15 is 0 Å². The molecule has 1 aromatic rings. The van der Waals surface area contributed by atoms with Crippen molar-refractivity contribution < 1.29 is 14.0 Å². The van der Waals surface area contributed by atoms with Crippen LogP contribution in [0.1, 0.15) is 36.1 Å². The number of carbonyl (C=O) groups excluding carboxylic acids is 2. The summed E-state index contributed by atoms with van der Waals surface area (Å²) in [4.78, 5) is 28.2. The van der Waals surface area contributed by atoms with E-state index in [0.29, 0.717) is 24.8 Å². The summed E-state index contributed by atoms with van der Waals surface area (Å²) in [5.41, 5.74) is 0. The van der Waals surface area contributed by atoms with Gasteiger partial charge < -0.3 is 20.0 Å². The zero-order valence-electron chi connectivity index (χ0n) is 14.8. The minimum Gasteiger partial charge on any atom is -0.454 e. The highest BCUT2D eigenvalue weighted by Crippen LogP contribution is 2.11. The van der Waals surface area contributed by atoms with Crippen molar-refractivity contribution in [2.45, 2.75) is 32.4 Å². The summed E-state index contributed by atoms with van der Waals surface area (Å²) in [5.74, 6) is 0.571. The molecule has 7 heteroatoms. The van der Waals surface area contributed by atoms with Crippen molar-refractivity contribution in [2.75, 3.05) is 40.3 Å². The van der Waals surface area contributed by atoms with E-state index in [1.165, 1.54) is 0 Å². The van der Waals surface area contributed by atoms with E-state index in [1.807, 2.05) is 0 Å². The standard InChI is InChI=1S/C17H28N4O3/c1-13(21-10-8-20(3)9-11-21)4-7-16(22)19-12-14-5-6-15(24-14)17(23)18-2/h5-6,13H,4,7-12H2,1-3H3,(H,18,23)(H,19,22). The highest BCUT2D eigenvalue weighted by atomic mass is 16.4. The summed E-state index contributed by atoms with van der Waals surface area (Å²) in [6.07, 6.45) is 1.34. The molecule has 2 rings (SSSR count). The molecule has 0 spiro atoms. The molecule has 2 amide bonds. The molecule has 1 unspecified atom stereocenters. The van der Waals surface area contributed by atoms with Gasteiger partial charge in [0, 0.05) is 45.7 Å². The van der Waals surface area contributed by atoms with Gasteiger partial charge >= 0.3 is 0 Å². The molecule has 134 valence electrons.